The van der Waals surface area contributed by atoms with E-state index in [4.69, 9.17) is 0 Å². The lowest BCUT2D eigenvalue weighted by molar-refractivity contribution is -0.120. The van der Waals surface area contributed by atoms with E-state index in [0.29, 0.717) is 0 Å². The first-order chi connectivity index (χ1) is 12.2. The summed E-state index contributed by atoms with van der Waals surface area (Å²) < 4.78 is 52.7. The van der Waals surface area contributed by atoms with Crippen LogP contribution in [-0.2, 0) is 31.2 Å². The maximum Gasteiger partial charge on any atom is 0.285 e. The van der Waals surface area contributed by atoms with Crippen LogP contribution in [-0.4, -0.2) is 34.3 Å². The molecule has 1 amide bonds. The number of anilines is 1. The van der Waals surface area contributed by atoms with Gasteiger partial charge in [0.2, 0.25) is 5.91 Å². The van der Waals surface area contributed by atoms with Crippen molar-refractivity contribution in [2.45, 2.75) is 28.5 Å². The van der Waals surface area contributed by atoms with Crippen molar-refractivity contribution in [3.8, 4) is 0 Å². The molecule has 8 nitrogen and oxygen atoms in total. The molecule has 0 aliphatic carbocycles. The highest BCUT2D eigenvalue weighted by Crippen LogP contribution is 2.29. The molecule has 1 aliphatic heterocycles. The number of thiophene rings is 1. The third-order valence-electron chi connectivity index (χ3n) is 3.82. The Morgan fingerprint density at radius 2 is 2.12 bits per heavy atom. The summed E-state index contributed by atoms with van der Waals surface area (Å²) >= 11 is 1.44. The number of nitrogens with zero attached hydrogens (tertiary/aromatic N) is 1. The summed E-state index contributed by atoms with van der Waals surface area (Å²) in [6.07, 6.45) is 1.02. The molecule has 138 valence electrons. The van der Waals surface area contributed by atoms with E-state index < -0.39 is 31.0 Å². The summed E-state index contributed by atoms with van der Waals surface area (Å²) in [7, 11) is -8.03. The van der Waals surface area contributed by atoms with Crippen LogP contribution >= 0.6 is 11.3 Å². The zero-order valence-electron chi connectivity index (χ0n) is 13.5. The zero-order chi connectivity index (χ0) is 18.9. The van der Waals surface area contributed by atoms with Crippen molar-refractivity contribution in [2.75, 3.05) is 5.32 Å². The van der Waals surface area contributed by atoms with Crippen LogP contribution < -0.4 is 10.6 Å². The van der Waals surface area contributed by atoms with E-state index in [1.807, 2.05) is 17.5 Å². The SMILES string of the molecule is C[C@H](C(=O)NCc1cccs1)S(=O)(=O)c1ccc2c(c1)S(=O)(=O)N=CN2. The Bertz CT molecular complexity index is 1070. The lowest BCUT2D eigenvalue weighted by Crippen LogP contribution is -2.37. The largest absolute Gasteiger partial charge is 0.350 e. The third-order valence-corrected chi connectivity index (χ3v) is 8.03. The van der Waals surface area contributed by atoms with E-state index in [1.165, 1.54) is 30.4 Å². The van der Waals surface area contributed by atoms with Gasteiger partial charge in [-0.05, 0) is 36.6 Å². The van der Waals surface area contributed by atoms with Gasteiger partial charge in [0.05, 0.1) is 17.1 Å². The van der Waals surface area contributed by atoms with Crippen LogP contribution in [0.25, 0.3) is 0 Å². The maximum absolute atomic E-state index is 12.7. The second-order valence-electron chi connectivity index (χ2n) is 5.50. The monoisotopic (exact) mass is 413 g/mol. The highest BCUT2D eigenvalue weighted by atomic mass is 32.2. The molecule has 3 rings (SSSR count). The Balaban J connectivity index is 1.85. The predicted molar refractivity (Wildman–Crippen MR) is 98.6 cm³/mol. The lowest BCUT2D eigenvalue weighted by Gasteiger charge is -2.16. The Labute approximate surface area is 154 Å². The summed E-state index contributed by atoms with van der Waals surface area (Å²) in [6, 6.07) is 7.27. The number of carbonyl (C=O) groups is 1. The zero-order valence-corrected chi connectivity index (χ0v) is 16.0. The number of benzene rings is 1. The molecule has 1 aromatic heterocycles. The molecule has 2 N–H and O–H groups in total. The van der Waals surface area contributed by atoms with Gasteiger partial charge in [-0.15, -0.1) is 15.7 Å². The van der Waals surface area contributed by atoms with Gasteiger partial charge >= 0.3 is 0 Å². The standard InChI is InChI=1S/C15H15N3O5S3/c1-10(15(19)16-8-11-3-2-6-24-11)25(20,21)12-4-5-13-14(7-12)26(22,23)18-9-17-13/h2-7,9-10H,8H2,1H3,(H,16,19)(H,17,18)/t10-/m1/s1. The normalized spacial score (nSPS) is 16.3. The summed E-state index contributed by atoms with van der Waals surface area (Å²) in [4.78, 5) is 12.6. The van der Waals surface area contributed by atoms with E-state index in [2.05, 4.69) is 15.0 Å². The van der Waals surface area contributed by atoms with E-state index in [-0.39, 0.29) is 22.0 Å². The van der Waals surface area contributed by atoms with Gasteiger partial charge in [0.1, 0.15) is 16.5 Å². The summed E-state index contributed by atoms with van der Waals surface area (Å²) in [5, 5.41) is 5.70. The molecule has 1 aliphatic rings. The molecule has 0 bridgehead atoms. The van der Waals surface area contributed by atoms with Gasteiger partial charge in [-0.3, -0.25) is 4.79 Å². The molecule has 0 saturated carbocycles. The van der Waals surface area contributed by atoms with Gasteiger partial charge in [-0.1, -0.05) is 6.07 Å². The second-order valence-corrected chi connectivity index (χ2v) is 10.4. The molecular weight excluding hydrogens is 398 g/mol. The molecular formula is C15H15N3O5S3. The maximum atomic E-state index is 12.7. The van der Waals surface area contributed by atoms with Crippen molar-refractivity contribution >= 4 is 49.1 Å². The average molecular weight is 414 g/mol. The fraction of sp³-hybridized carbons (Fsp3) is 0.200. The van der Waals surface area contributed by atoms with Crippen molar-refractivity contribution in [1.82, 2.24) is 5.32 Å². The number of amides is 1. The van der Waals surface area contributed by atoms with Gasteiger partial charge in [-0.2, -0.15) is 8.42 Å². The number of sulfone groups is 1. The summed E-state index contributed by atoms with van der Waals surface area (Å²) in [5.74, 6) is -0.657. The first-order valence-corrected chi connectivity index (χ1v) is 11.3. The van der Waals surface area contributed by atoms with Crippen molar-refractivity contribution in [3.63, 3.8) is 0 Å². The molecule has 26 heavy (non-hydrogen) atoms. The number of rotatable bonds is 5. The number of sulfonamides is 1. The lowest BCUT2D eigenvalue weighted by atomic mass is 10.3. The minimum Gasteiger partial charge on any atom is -0.350 e. The molecule has 1 atom stereocenters. The van der Waals surface area contributed by atoms with Crippen LogP contribution in [0.2, 0.25) is 0 Å². The van der Waals surface area contributed by atoms with E-state index >= 15 is 0 Å². The highest BCUT2D eigenvalue weighted by molar-refractivity contribution is 7.93. The summed E-state index contributed by atoms with van der Waals surface area (Å²) in [6.45, 7) is 1.50. The highest BCUT2D eigenvalue weighted by Gasteiger charge is 2.32. The van der Waals surface area contributed by atoms with Crippen LogP contribution in [0.5, 0.6) is 0 Å². The minimum absolute atomic E-state index is 0.230. The van der Waals surface area contributed by atoms with Gasteiger partial charge in [0.15, 0.2) is 9.84 Å². The predicted octanol–water partition coefficient (Wildman–Crippen LogP) is 1.37. The van der Waals surface area contributed by atoms with Crippen molar-refractivity contribution in [1.29, 1.82) is 0 Å². The first-order valence-electron chi connectivity index (χ1n) is 7.45. The Morgan fingerprint density at radius 1 is 1.35 bits per heavy atom. The smallest absolute Gasteiger partial charge is 0.285 e. The van der Waals surface area contributed by atoms with Crippen molar-refractivity contribution in [3.05, 3.63) is 40.6 Å². The van der Waals surface area contributed by atoms with Gasteiger partial charge < -0.3 is 10.6 Å². The molecule has 0 spiro atoms. The second kappa shape index (κ2) is 6.82. The fourth-order valence-electron chi connectivity index (χ4n) is 2.31. The number of fused-ring (bicyclic) bond motifs is 1. The van der Waals surface area contributed by atoms with Crippen molar-refractivity contribution < 1.29 is 21.6 Å². The number of hydrogen-bond acceptors (Lipinski definition) is 7. The molecule has 0 fully saturated rings. The Kier molecular flexibility index (Phi) is 4.86. The van der Waals surface area contributed by atoms with Crippen LogP contribution in [0, 0.1) is 0 Å². The fourth-order valence-corrected chi connectivity index (χ4v) is 5.33. The summed E-state index contributed by atoms with van der Waals surface area (Å²) in [5.41, 5.74) is 0.230. The molecule has 11 heteroatoms. The van der Waals surface area contributed by atoms with Gasteiger partial charge in [0.25, 0.3) is 10.0 Å². The third kappa shape index (κ3) is 3.50. The molecule has 0 saturated heterocycles. The minimum atomic E-state index is -4.07. The molecule has 2 heterocycles. The van der Waals surface area contributed by atoms with Gasteiger partial charge in [0, 0.05) is 4.88 Å². The van der Waals surface area contributed by atoms with Gasteiger partial charge in [-0.25, -0.2) is 8.42 Å². The van der Waals surface area contributed by atoms with Crippen LogP contribution in [0.15, 0.2) is 49.9 Å². The topological polar surface area (TPSA) is 122 Å². The quantitative estimate of drug-likeness (QED) is 0.763. The van der Waals surface area contributed by atoms with Crippen molar-refractivity contribution in [2.24, 2.45) is 4.40 Å². The Hall–Kier alpha value is -2.24. The number of carbonyl (C=O) groups excluding carboxylic acids is 1. The van der Waals surface area contributed by atoms with E-state index in [1.54, 1.807) is 0 Å². The van der Waals surface area contributed by atoms with Crippen LogP contribution in [0.4, 0.5) is 5.69 Å². The number of nitrogens with one attached hydrogen (secondary N) is 2. The van der Waals surface area contributed by atoms with E-state index in [9.17, 15) is 21.6 Å². The van der Waals surface area contributed by atoms with Crippen LogP contribution in [0.3, 0.4) is 0 Å². The van der Waals surface area contributed by atoms with Crippen LogP contribution in [0.1, 0.15) is 11.8 Å². The van der Waals surface area contributed by atoms with E-state index in [0.717, 1.165) is 17.3 Å². The first kappa shape index (κ1) is 18.5. The molecule has 1 aromatic carbocycles. The molecule has 0 radical (unpaired) electrons. The molecule has 0 unspecified atom stereocenters. The Morgan fingerprint density at radius 3 is 2.81 bits per heavy atom. The molecule has 2 aromatic rings. The average Bonchev–Trinajstić information content (AvgIpc) is 3.12. The number of hydrogen-bond donors (Lipinski definition) is 2.